The van der Waals surface area contributed by atoms with Crippen LogP contribution >= 0.6 is 22.6 Å². The minimum atomic E-state index is -0.375. The third-order valence-electron chi connectivity index (χ3n) is 2.34. The molecule has 0 radical (unpaired) electrons. The third kappa shape index (κ3) is 2.75. The minimum Gasteiger partial charge on any atom is -0.354 e. The van der Waals surface area contributed by atoms with Crippen molar-refractivity contribution >= 4 is 40.1 Å². The molecule has 0 bridgehead atoms. The fourth-order valence-corrected chi connectivity index (χ4v) is 1.99. The highest BCUT2D eigenvalue weighted by atomic mass is 127. The van der Waals surface area contributed by atoms with E-state index in [0.29, 0.717) is 15.0 Å². The van der Waals surface area contributed by atoms with Crippen LogP contribution in [0.2, 0.25) is 0 Å². The van der Waals surface area contributed by atoms with Crippen LogP contribution in [0, 0.1) is 3.57 Å². The monoisotopic (exact) mass is 374 g/mol. The molecular weight excluding hydrogens is 363 g/mol. The zero-order valence-electron chi connectivity index (χ0n) is 10.2. The van der Waals surface area contributed by atoms with Gasteiger partial charge in [0.25, 0.3) is 11.8 Å². The van der Waals surface area contributed by atoms with Gasteiger partial charge in [0.15, 0.2) is 5.69 Å². The summed E-state index contributed by atoms with van der Waals surface area (Å²) in [5, 5.41) is 15.5. The van der Waals surface area contributed by atoms with Crippen molar-refractivity contribution in [3.63, 3.8) is 0 Å². The first kappa shape index (κ1) is 13.5. The number of aromatic amines is 1. The van der Waals surface area contributed by atoms with Crippen molar-refractivity contribution in [3.8, 4) is 0 Å². The Balaban J connectivity index is 2.27. The van der Waals surface area contributed by atoms with Crippen LogP contribution in [-0.2, 0) is 7.05 Å². The average molecular weight is 374 g/mol. The van der Waals surface area contributed by atoms with Gasteiger partial charge in [-0.2, -0.15) is 10.2 Å². The Kier molecular flexibility index (Phi) is 3.83. The molecule has 100 valence electrons. The van der Waals surface area contributed by atoms with E-state index in [9.17, 15) is 9.59 Å². The van der Waals surface area contributed by atoms with E-state index in [1.807, 2.05) is 22.6 Å². The Labute approximate surface area is 122 Å². The molecule has 2 heterocycles. The predicted octanol–water partition coefficient (Wildman–Crippen LogP) is 0.360. The molecule has 3 N–H and O–H groups in total. The summed E-state index contributed by atoms with van der Waals surface area (Å²) >= 11 is 1.99. The average Bonchev–Trinajstić information content (AvgIpc) is 2.94. The molecule has 0 spiro atoms. The number of aryl methyl sites for hydroxylation is 1. The summed E-state index contributed by atoms with van der Waals surface area (Å²) in [7, 11) is 3.17. The van der Waals surface area contributed by atoms with Crippen LogP contribution in [0.5, 0.6) is 0 Å². The quantitative estimate of drug-likeness (QED) is 0.675. The van der Waals surface area contributed by atoms with E-state index in [2.05, 4.69) is 25.9 Å². The first-order chi connectivity index (χ1) is 9.02. The Hall–Kier alpha value is -1.91. The van der Waals surface area contributed by atoms with Crippen LogP contribution in [0.25, 0.3) is 0 Å². The maximum Gasteiger partial charge on any atom is 0.274 e. The van der Waals surface area contributed by atoms with Gasteiger partial charge in [-0.25, -0.2) is 0 Å². The first-order valence-corrected chi connectivity index (χ1v) is 6.36. The molecule has 0 aliphatic heterocycles. The number of nitrogens with zero attached hydrogens (tertiary/aromatic N) is 3. The van der Waals surface area contributed by atoms with Crippen LogP contribution in [0.1, 0.15) is 21.0 Å². The number of H-pyrrole nitrogens is 1. The summed E-state index contributed by atoms with van der Waals surface area (Å²) in [6.07, 6.45) is 3.10. The van der Waals surface area contributed by atoms with Crippen LogP contribution < -0.4 is 10.6 Å². The van der Waals surface area contributed by atoms with Gasteiger partial charge in [0.05, 0.1) is 15.5 Å². The van der Waals surface area contributed by atoms with Crippen molar-refractivity contribution in [2.45, 2.75) is 0 Å². The SMILES string of the molecule is CNC(=O)c1nn(C)cc1NC(=O)c1[nH]ncc1I. The lowest BCUT2D eigenvalue weighted by Gasteiger charge is -2.03. The number of aromatic nitrogens is 4. The number of rotatable bonds is 3. The predicted molar refractivity (Wildman–Crippen MR) is 75.9 cm³/mol. The van der Waals surface area contributed by atoms with Gasteiger partial charge in [-0.1, -0.05) is 0 Å². The van der Waals surface area contributed by atoms with Gasteiger partial charge < -0.3 is 10.6 Å². The Morgan fingerprint density at radius 2 is 2.16 bits per heavy atom. The number of anilines is 1. The summed E-state index contributed by atoms with van der Waals surface area (Å²) < 4.78 is 2.15. The largest absolute Gasteiger partial charge is 0.354 e. The molecule has 0 fully saturated rings. The smallest absolute Gasteiger partial charge is 0.274 e. The molecule has 2 rings (SSSR count). The summed E-state index contributed by atoms with van der Waals surface area (Å²) in [4.78, 5) is 23.6. The van der Waals surface area contributed by atoms with E-state index >= 15 is 0 Å². The van der Waals surface area contributed by atoms with E-state index in [4.69, 9.17) is 0 Å². The molecule has 0 saturated heterocycles. The summed E-state index contributed by atoms with van der Waals surface area (Å²) in [6.45, 7) is 0. The van der Waals surface area contributed by atoms with Gasteiger partial charge in [0.1, 0.15) is 5.69 Å². The molecule has 0 unspecified atom stereocenters. The molecule has 0 atom stereocenters. The molecule has 8 nitrogen and oxygen atoms in total. The zero-order valence-corrected chi connectivity index (χ0v) is 12.3. The van der Waals surface area contributed by atoms with Gasteiger partial charge in [-0.3, -0.25) is 19.4 Å². The zero-order chi connectivity index (χ0) is 14.0. The highest BCUT2D eigenvalue weighted by Crippen LogP contribution is 2.16. The van der Waals surface area contributed by atoms with Crippen LogP contribution in [0.3, 0.4) is 0 Å². The van der Waals surface area contributed by atoms with Crippen LogP contribution in [0.4, 0.5) is 5.69 Å². The van der Waals surface area contributed by atoms with E-state index in [0.717, 1.165) is 0 Å². The summed E-state index contributed by atoms with van der Waals surface area (Å²) in [5.41, 5.74) is 0.845. The highest BCUT2D eigenvalue weighted by molar-refractivity contribution is 14.1. The molecule has 2 aromatic heterocycles. The standard InChI is InChI=1S/C10H11IN6O2/c1-12-9(18)8-6(4-17(2)16-8)14-10(19)7-5(11)3-13-15-7/h3-4H,1-2H3,(H,12,18)(H,13,15)(H,14,19). The summed E-state index contributed by atoms with van der Waals surface area (Å²) in [5.74, 6) is -0.740. The van der Waals surface area contributed by atoms with Crippen molar-refractivity contribution in [3.05, 3.63) is 27.4 Å². The number of nitrogens with one attached hydrogen (secondary N) is 3. The first-order valence-electron chi connectivity index (χ1n) is 5.29. The van der Waals surface area contributed by atoms with Gasteiger partial charge in [0.2, 0.25) is 0 Å². The molecule has 0 aliphatic carbocycles. The van der Waals surface area contributed by atoms with Gasteiger partial charge in [0, 0.05) is 20.3 Å². The highest BCUT2D eigenvalue weighted by Gasteiger charge is 2.19. The van der Waals surface area contributed by atoms with E-state index in [-0.39, 0.29) is 17.5 Å². The molecule has 19 heavy (non-hydrogen) atoms. The lowest BCUT2D eigenvalue weighted by Crippen LogP contribution is -2.22. The normalized spacial score (nSPS) is 10.3. The van der Waals surface area contributed by atoms with Gasteiger partial charge in [-0.15, -0.1) is 0 Å². The van der Waals surface area contributed by atoms with Crippen molar-refractivity contribution < 1.29 is 9.59 Å². The number of amides is 2. The van der Waals surface area contributed by atoms with Crippen LogP contribution in [-0.4, -0.2) is 38.8 Å². The fourth-order valence-electron chi connectivity index (χ4n) is 1.48. The maximum absolute atomic E-state index is 12.0. The number of hydrogen-bond acceptors (Lipinski definition) is 4. The van der Waals surface area contributed by atoms with Gasteiger partial charge >= 0.3 is 0 Å². The van der Waals surface area contributed by atoms with E-state index in [1.54, 1.807) is 19.4 Å². The lowest BCUT2D eigenvalue weighted by atomic mass is 10.3. The molecule has 2 aromatic rings. The van der Waals surface area contributed by atoms with Crippen molar-refractivity contribution in [1.82, 2.24) is 25.3 Å². The number of carbonyl (C=O) groups is 2. The van der Waals surface area contributed by atoms with Crippen molar-refractivity contribution in [2.24, 2.45) is 7.05 Å². The van der Waals surface area contributed by atoms with E-state index < -0.39 is 0 Å². The second kappa shape index (κ2) is 5.38. The second-order valence-corrected chi connectivity index (χ2v) is 4.85. The Morgan fingerprint density at radius 3 is 2.74 bits per heavy atom. The molecular formula is C10H11IN6O2. The second-order valence-electron chi connectivity index (χ2n) is 3.69. The van der Waals surface area contributed by atoms with Crippen LogP contribution in [0.15, 0.2) is 12.4 Å². The molecule has 0 saturated carbocycles. The van der Waals surface area contributed by atoms with Crippen molar-refractivity contribution in [2.75, 3.05) is 12.4 Å². The molecule has 9 heteroatoms. The third-order valence-corrected chi connectivity index (χ3v) is 3.16. The summed E-state index contributed by atoms with van der Waals surface area (Å²) in [6, 6.07) is 0. The maximum atomic E-state index is 12.0. The number of halogens is 1. The minimum absolute atomic E-state index is 0.160. The molecule has 0 aliphatic rings. The number of carbonyl (C=O) groups excluding carboxylic acids is 2. The van der Waals surface area contributed by atoms with E-state index in [1.165, 1.54) is 11.7 Å². The Morgan fingerprint density at radius 1 is 1.42 bits per heavy atom. The topological polar surface area (TPSA) is 105 Å². The molecule has 2 amide bonds. The molecule has 0 aromatic carbocycles. The fraction of sp³-hybridized carbons (Fsp3) is 0.200. The Bertz CT molecular complexity index is 632. The number of hydrogen-bond donors (Lipinski definition) is 3. The van der Waals surface area contributed by atoms with Gasteiger partial charge in [-0.05, 0) is 22.6 Å². The van der Waals surface area contributed by atoms with Crippen molar-refractivity contribution in [1.29, 1.82) is 0 Å². The lowest BCUT2D eigenvalue weighted by molar-refractivity contribution is 0.0958.